The van der Waals surface area contributed by atoms with Crippen molar-refractivity contribution in [1.82, 2.24) is 14.9 Å². The van der Waals surface area contributed by atoms with Crippen LogP contribution < -0.4 is 10.9 Å². The molecule has 1 aliphatic rings. The van der Waals surface area contributed by atoms with Crippen molar-refractivity contribution in [2.75, 3.05) is 5.75 Å². The number of aromatic nitrogens is 2. The van der Waals surface area contributed by atoms with Crippen LogP contribution in [0.15, 0.2) is 40.8 Å². The number of fused-ring (bicyclic) bond motifs is 1. The van der Waals surface area contributed by atoms with Crippen molar-refractivity contribution >= 4 is 40.2 Å². The van der Waals surface area contributed by atoms with Crippen LogP contribution in [0.3, 0.4) is 0 Å². The van der Waals surface area contributed by atoms with Gasteiger partial charge >= 0.3 is 0 Å². The van der Waals surface area contributed by atoms with Crippen LogP contribution in [0, 0.1) is 0 Å². The third-order valence-electron chi connectivity index (χ3n) is 3.47. The molecule has 1 fully saturated rings. The highest BCUT2D eigenvalue weighted by atomic mass is 35.5. The summed E-state index contributed by atoms with van der Waals surface area (Å²) in [7, 11) is 0. The number of allylic oxidation sites excluding steroid dienone is 1. The maximum atomic E-state index is 12.6. The molecule has 5 nitrogen and oxygen atoms in total. The van der Waals surface area contributed by atoms with E-state index >= 15 is 0 Å². The predicted octanol–water partition coefficient (Wildman–Crippen LogP) is 2.61. The van der Waals surface area contributed by atoms with E-state index in [0.717, 1.165) is 12.8 Å². The molecule has 1 aliphatic carbocycles. The maximum Gasteiger partial charge on any atom is 0.262 e. The van der Waals surface area contributed by atoms with Gasteiger partial charge in [-0.05, 0) is 31.0 Å². The first kappa shape index (κ1) is 16.1. The van der Waals surface area contributed by atoms with Gasteiger partial charge in [-0.25, -0.2) is 4.98 Å². The van der Waals surface area contributed by atoms with Crippen molar-refractivity contribution in [2.45, 2.75) is 30.6 Å². The van der Waals surface area contributed by atoms with Gasteiger partial charge in [0.05, 0.1) is 16.7 Å². The highest BCUT2D eigenvalue weighted by Crippen LogP contribution is 2.22. The van der Waals surface area contributed by atoms with Gasteiger partial charge in [0.15, 0.2) is 5.16 Å². The second-order valence-electron chi connectivity index (χ2n) is 5.39. The number of rotatable bonds is 6. The highest BCUT2D eigenvalue weighted by molar-refractivity contribution is 7.99. The number of carbonyl (C=O) groups excluding carboxylic acids is 1. The fourth-order valence-electron chi connectivity index (χ4n) is 2.20. The molecule has 0 bridgehead atoms. The van der Waals surface area contributed by atoms with Gasteiger partial charge in [-0.2, -0.15) is 0 Å². The number of thioether (sulfide) groups is 1. The first-order chi connectivity index (χ1) is 11.1. The smallest absolute Gasteiger partial charge is 0.262 e. The van der Waals surface area contributed by atoms with Crippen LogP contribution in [0.4, 0.5) is 0 Å². The molecule has 2 aromatic rings. The second-order valence-corrected chi connectivity index (χ2v) is 6.77. The summed E-state index contributed by atoms with van der Waals surface area (Å²) in [6.45, 7) is 4.01. The Balaban J connectivity index is 1.91. The van der Waals surface area contributed by atoms with Crippen molar-refractivity contribution < 1.29 is 4.79 Å². The Morgan fingerprint density at radius 1 is 1.52 bits per heavy atom. The summed E-state index contributed by atoms with van der Waals surface area (Å²) in [6, 6.07) is 5.35. The number of nitrogens with zero attached hydrogens (tertiary/aromatic N) is 2. The van der Waals surface area contributed by atoms with Crippen LogP contribution in [-0.2, 0) is 11.3 Å². The van der Waals surface area contributed by atoms with Gasteiger partial charge < -0.3 is 5.32 Å². The van der Waals surface area contributed by atoms with Crippen molar-refractivity contribution in [3.63, 3.8) is 0 Å². The van der Waals surface area contributed by atoms with Crippen LogP contribution in [0.1, 0.15) is 12.8 Å². The zero-order valence-electron chi connectivity index (χ0n) is 12.4. The van der Waals surface area contributed by atoms with E-state index in [1.54, 1.807) is 24.3 Å². The van der Waals surface area contributed by atoms with E-state index in [0.29, 0.717) is 33.7 Å². The minimum atomic E-state index is -0.178. The molecule has 120 valence electrons. The van der Waals surface area contributed by atoms with Crippen molar-refractivity contribution in [2.24, 2.45) is 0 Å². The minimum Gasteiger partial charge on any atom is -0.353 e. The van der Waals surface area contributed by atoms with Crippen LogP contribution >= 0.6 is 23.4 Å². The molecule has 1 heterocycles. The molecule has 0 spiro atoms. The van der Waals surface area contributed by atoms with E-state index in [-0.39, 0.29) is 17.2 Å². The molecule has 1 aromatic heterocycles. The highest BCUT2D eigenvalue weighted by Gasteiger charge is 2.23. The zero-order chi connectivity index (χ0) is 16.4. The quantitative estimate of drug-likeness (QED) is 0.494. The fraction of sp³-hybridized carbons (Fsp3) is 0.312. The standard InChI is InChI=1S/C16H16ClN3O2S/c1-2-7-20-15(22)12-8-10(17)3-6-13(12)19-16(20)23-9-14(21)18-11-4-5-11/h2-3,6,8,11H,1,4-5,7,9H2,(H,18,21). The Bertz CT molecular complexity index is 830. The Morgan fingerprint density at radius 3 is 3.00 bits per heavy atom. The van der Waals surface area contributed by atoms with Crippen LogP contribution in [0.5, 0.6) is 0 Å². The minimum absolute atomic E-state index is 0.0342. The number of amides is 1. The topological polar surface area (TPSA) is 64.0 Å². The average Bonchev–Trinajstić information content (AvgIpc) is 3.33. The Hall–Kier alpha value is -1.79. The first-order valence-electron chi connectivity index (χ1n) is 7.31. The van der Waals surface area contributed by atoms with Crippen molar-refractivity contribution in [3.05, 3.63) is 46.2 Å². The molecule has 1 amide bonds. The average molecular weight is 350 g/mol. The lowest BCUT2D eigenvalue weighted by atomic mass is 10.2. The van der Waals surface area contributed by atoms with Gasteiger partial charge in [0.2, 0.25) is 5.91 Å². The molecule has 1 N–H and O–H groups in total. The number of carbonyl (C=O) groups is 1. The lowest BCUT2D eigenvalue weighted by Crippen LogP contribution is -2.28. The molecule has 1 saturated carbocycles. The third kappa shape index (κ3) is 3.76. The second kappa shape index (κ2) is 6.76. The predicted molar refractivity (Wildman–Crippen MR) is 93.1 cm³/mol. The first-order valence-corrected chi connectivity index (χ1v) is 8.68. The molecule has 0 saturated heterocycles. The third-order valence-corrected chi connectivity index (χ3v) is 4.68. The molecule has 23 heavy (non-hydrogen) atoms. The number of hydrogen-bond acceptors (Lipinski definition) is 4. The van der Waals surface area contributed by atoms with E-state index in [2.05, 4.69) is 16.9 Å². The summed E-state index contributed by atoms with van der Waals surface area (Å²) >= 11 is 7.22. The van der Waals surface area contributed by atoms with E-state index in [1.165, 1.54) is 16.3 Å². The molecule has 1 aromatic carbocycles. The molecule has 0 radical (unpaired) electrons. The molecule has 3 rings (SSSR count). The lowest BCUT2D eigenvalue weighted by molar-refractivity contribution is -0.118. The Kier molecular flexibility index (Phi) is 4.73. The largest absolute Gasteiger partial charge is 0.353 e. The fourth-order valence-corrected chi connectivity index (χ4v) is 3.19. The number of halogens is 1. The maximum absolute atomic E-state index is 12.6. The molecule has 7 heteroatoms. The lowest BCUT2D eigenvalue weighted by Gasteiger charge is -2.11. The van der Waals surface area contributed by atoms with Crippen molar-refractivity contribution in [3.8, 4) is 0 Å². The zero-order valence-corrected chi connectivity index (χ0v) is 14.0. The summed E-state index contributed by atoms with van der Waals surface area (Å²) < 4.78 is 1.51. The van der Waals surface area contributed by atoms with Crippen LogP contribution in [-0.4, -0.2) is 27.3 Å². The Labute approximate surface area is 142 Å². The van der Waals surface area contributed by atoms with Gasteiger partial charge in [0.25, 0.3) is 5.56 Å². The molecule has 0 unspecified atom stereocenters. The summed E-state index contributed by atoms with van der Waals surface area (Å²) in [4.78, 5) is 29.0. The summed E-state index contributed by atoms with van der Waals surface area (Å²) in [5.74, 6) is 0.201. The van der Waals surface area contributed by atoms with Crippen LogP contribution in [0.2, 0.25) is 5.02 Å². The van der Waals surface area contributed by atoms with Gasteiger partial charge in [-0.3, -0.25) is 14.2 Å². The monoisotopic (exact) mass is 349 g/mol. The summed E-state index contributed by atoms with van der Waals surface area (Å²) in [5, 5.41) is 4.39. The molecule has 0 aliphatic heterocycles. The SMILES string of the molecule is C=CCn1c(SCC(=O)NC2CC2)nc2ccc(Cl)cc2c1=O. The number of nitrogens with one attached hydrogen (secondary N) is 1. The van der Waals surface area contributed by atoms with E-state index in [9.17, 15) is 9.59 Å². The Morgan fingerprint density at radius 2 is 2.30 bits per heavy atom. The molecular formula is C16H16ClN3O2S. The van der Waals surface area contributed by atoms with Crippen molar-refractivity contribution in [1.29, 1.82) is 0 Å². The molecular weight excluding hydrogens is 334 g/mol. The van der Waals surface area contributed by atoms with Crippen LogP contribution in [0.25, 0.3) is 10.9 Å². The normalized spacial score (nSPS) is 14.0. The summed E-state index contributed by atoms with van der Waals surface area (Å²) in [5.41, 5.74) is 0.396. The molecule has 0 atom stereocenters. The van der Waals surface area contributed by atoms with E-state index in [1.807, 2.05) is 0 Å². The van der Waals surface area contributed by atoms with E-state index < -0.39 is 0 Å². The van der Waals surface area contributed by atoms with Gasteiger partial charge in [0.1, 0.15) is 0 Å². The number of benzene rings is 1. The van der Waals surface area contributed by atoms with Gasteiger partial charge in [-0.15, -0.1) is 6.58 Å². The summed E-state index contributed by atoms with van der Waals surface area (Å²) in [6.07, 6.45) is 3.73. The van der Waals surface area contributed by atoms with Gasteiger partial charge in [-0.1, -0.05) is 29.4 Å². The van der Waals surface area contributed by atoms with Gasteiger partial charge in [0, 0.05) is 17.6 Å². The number of hydrogen-bond donors (Lipinski definition) is 1. The van der Waals surface area contributed by atoms with E-state index in [4.69, 9.17) is 11.6 Å².